The summed E-state index contributed by atoms with van der Waals surface area (Å²) in [4.78, 5) is 23.4. The highest BCUT2D eigenvalue weighted by Gasteiger charge is 2.18. The zero-order chi connectivity index (χ0) is 19.7. The van der Waals surface area contributed by atoms with Gasteiger partial charge in [0.2, 0.25) is 0 Å². The van der Waals surface area contributed by atoms with E-state index in [4.69, 9.17) is 9.97 Å². The summed E-state index contributed by atoms with van der Waals surface area (Å²) in [7, 11) is 0. The Balaban J connectivity index is 1.70. The van der Waals surface area contributed by atoms with Crippen LogP contribution >= 0.6 is 0 Å². The second-order valence-electron chi connectivity index (χ2n) is 7.36. The van der Waals surface area contributed by atoms with Gasteiger partial charge in [-0.1, -0.05) is 18.2 Å². The number of carboxylic acid groups (broad SMARTS) is 1. The Morgan fingerprint density at radius 2 is 1.96 bits per heavy atom. The molecule has 1 saturated heterocycles. The van der Waals surface area contributed by atoms with Crippen LogP contribution in [-0.2, 0) is 0 Å². The van der Waals surface area contributed by atoms with E-state index in [1.54, 1.807) is 18.2 Å². The van der Waals surface area contributed by atoms with Gasteiger partial charge >= 0.3 is 5.97 Å². The molecule has 0 saturated carbocycles. The summed E-state index contributed by atoms with van der Waals surface area (Å²) >= 11 is 0. The van der Waals surface area contributed by atoms with Crippen molar-refractivity contribution in [3.05, 3.63) is 59.3 Å². The highest BCUT2D eigenvalue weighted by molar-refractivity contribution is 5.94. The van der Waals surface area contributed by atoms with E-state index in [-0.39, 0.29) is 11.6 Å². The fourth-order valence-electron chi connectivity index (χ4n) is 3.82. The molecule has 1 unspecified atom stereocenters. The Kier molecular flexibility index (Phi) is 4.86. The number of nitrogens with zero attached hydrogens (tertiary/aromatic N) is 3. The summed E-state index contributed by atoms with van der Waals surface area (Å²) in [6.07, 6.45) is 4.25. The molecule has 6 heteroatoms. The highest BCUT2D eigenvalue weighted by atomic mass is 16.4. The number of hydrogen-bond acceptors (Lipinski definition) is 5. The lowest BCUT2D eigenvalue weighted by Crippen LogP contribution is -2.19. The van der Waals surface area contributed by atoms with E-state index in [1.165, 1.54) is 12.8 Å². The predicted octanol–water partition coefficient (Wildman–Crippen LogP) is 4.41. The van der Waals surface area contributed by atoms with E-state index in [9.17, 15) is 9.90 Å². The minimum absolute atomic E-state index is 0.116. The third kappa shape index (κ3) is 3.50. The first-order chi connectivity index (χ1) is 13.5. The SMILES string of the molecule is Cc1cc(C(C)Nc2ccccc2C(=O)O)c2ncc(N3CCCC3)nc2c1. The van der Waals surface area contributed by atoms with Gasteiger partial charge in [-0.3, -0.25) is 4.98 Å². The number of nitrogens with one attached hydrogen (secondary N) is 1. The molecule has 3 aromatic rings. The lowest BCUT2D eigenvalue weighted by molar-refractivity contribution is 0.0698. The largest absolute Gasteiger partial charge is 0.478 e. The van der Waals surface area contributed by atoms with Crippen LogP contribution in [0.5, 0.6) is 0 Å². The van der Waals surface area contributed by atoms with E-state index in [1.807, 2.05) is 26.1 Å². The van der Waals surface area contributed by atoms with Gasteiger partial charge in [0, 0.05) is 24.3 Å². The number of carboxylic acids is 1. The van der Waals surface area contributed by atoms with Crippen LogP contribution in [0.25, 0.3) is 11.0 Å². The van der Waals surface area contributed by atoms with Crippen LogP contribution in [0.3, 0.4) is 0 Å². The van der Waals surface area contributed by atoms with Crippen LogP contribution in [0.4, 0.5) is 11.5 Å². The molecule has 0 amide bonds. The lowest BCUT2D eigenvalue weighted by atomic mass is 10.0. The average Bonchev–Trinajstić information content (AvgIpc) is 3.22. The molecule has 0 bridgehead atoms. The van der Waals surface area contributed by atoms with Gasteiger partial charge in [0.25, 0.3) is 0 Å². The van der Waals surface area contributed by atoms with Crippen molar-refractivity contribution in [3.8, 4) is 0 Å². The Morgan fingerprint density at radius 1 is 1.21 bits per heavy atom. The first kappa shape index (κ1) is 18.2. The molecule has 1 fully saturated rings. The maximum absolute atomic E-state index is 11.5. The van der Waals surface area contributed by atoms with Gasteiger partial charge in [-0.15, -0.1) is 0 Å². The molecule has 2 aromatic carbocycles. The lowest BCUT2D eigenvalue weighted by Gasteiger charge is -2.20. The number of aryl methyl sites for hydroxylation is 1. The average molecular weight is 376 g/mol. The Morgan fingerprint density at radius 3 is 2.71 bits per heavy atom. The van der Waals surface area contributed by atoms with E-state index < -0.39 is 5.97 Å². The number of anilines is 2. The summed E-state index contributed by atoms with van der Waals surface area (Å²) in [5.74, 6) is -0.0159. The van der Waals surface area contributed by atoms with E-state index in [2.05, 4.69) is 22.3 Å². The second kappa shape index (κ2) is 7.46. The van der Waals surface area contributed by atoms with Crippen LogP contribution in [0.2, 0.25) is 0 Å². The molecular weight excluding hydrogens is 352 g/mol. The molecule has 1 aliphatic rings. The number of para-hydroxylation sites is 1. The Labute approximate surface area is 164 Å². The van der Waals surface area contributed by atoms with E-state index >= 15 is 0 Å². The summed E-state index contributed by atoms with van der Waals surface area (Å²) in [6.45, 7) is 6.12. The second-order valence-corrected chi connectivity index (χ2v) is 7.36. The van der Waals surface area contributed by atoms with Crippen molar-refractivity contribution < 1.29 is 9.90 Å². The quantitative estimate of drug-likeness (QED) is 0.687. The molecule has 144 valence electrons. The zero-order valence-corrected chi connectivity index (χ0v) is 16.1. The molecule has 0 aliphatic carbocycles. The van der Waals surface area contributed by atoms with Crippen LogP contribution in [0, 0.1) is 6.92 Å². The molecule has 0 radical (unpaired) electrons. The molecule has 1 aromatic heterocycles. The molecule has 28 heavy (non-hydrogen) atoms. The fraction of sp³-hybridized carbons (Fsp3) is 0.318. The third-order valence-electron chi connectivity index (χ3n) is 5.23. The number of carbonyl (C=O) groups is 1. The maximum Gasteiger partial charge on any atom is 0.337 e. The molecular formula is C22H24N4O2. The number of benzene rings is 2. The van der Waals surface area contributed by atoms with Gasteiger partial charge in [-0.2, -0.15) is 0 Å². The van der Waals surface area contributed by atoms with Gasteiger partial charge in [-0.25, -0.2) is 9.78 Å². The Hall–Kier alpha value is -3.15. The van der Waals surface area contributed by atoms with Crippen molar-refractivity contribution in [2.45, 2.75) is 32.7 Å². The number of aromatic carboxylic acids is 1. The molecule has 4 rings (SSSR count). The van der Waals surface area contributed by atoms with Crippen molar-refractivity contribution >= 4 is 28.5 Å². The molecule has 1 aliphatic heterocycles. The molecule has 1 atom stereocenters. The highest BCUT2D eigenvalue weighted by Crippen LogP contribution is 2.29. The van der Waals surface area contributed by atoms with E-state index in [0.29, 0.717) is 5.69 Å². The van der Waals surface area contributed by atoms with E-state index in [0.717, 1.165) is 41.1 Å². The van der Waals surface area contributed by atoms with Gasteiger partial charge in [0.05, 0.1) is 28.8 Å². The van der Waals surface area contributed by atoms with Crippen LogP contribution in [0.15, 0.2) is 42.6 Å². The molecule has 6 nitrogen and oxygen atoms in total. The van der Waals surface area contributed by atoms with Crippen LogP contribution in [0.1, 0.15) is 47.3 Å². The van der Waals surface area contributed by atoms with Gasteiger partial charge in [0.1, 0.15) is 5.82 Å². The normalized spacial score (nSPS) is 15.0. The predicted molar refractivity (Wildman–Crippen MR) is 111 cm³/mol. The topological polar surface area (TPSA) is 78.3 Å². The molecule has 2 heterocycles. The van der Waals surface area contributed by atoms with Gasteiger partial charge in [-0.05, 0) is 50.5 Å². The van der Waals surface area contributed by atoms with Gasteiger partial charge < -0.3 is 15.3 Å². The maximum atomic E-state index is 11.5. The third-order valence-corrected chi connectivity index (χ3v) is 5.23. The van der Waals surface area contributed by atoms with Crippen molar-refractivity contribution in [1.82, 2.24) is 9.97 Å². The summed E-state index contributed by atoms with van der Waals surface area (Å²) in [5.41, 5.74) is 4.69. The molecule has 0 spiro atoms. The number of rotatable bonds is 5. The number of fused-ring (bicyclic) bond motifs is 1. The first-order valence-electron chi connectivity index (χ1n) is 9.64. The van der Waals surface area contributed by atoms with Crippen LogP contribution < -0.4 is 10.2 Å². The standard InChI is InChI=1S/C22H24N4O2/c1-14-11-17(15(2)24-18-8-4-3-7-16(18)22(27)28)21-19(12-14)25-20(13-23-21)26-9-5-6-10-26/h3-4,7-8,11-13,15,24H,5-6,9-10H2,1-2H3,(H,27,28). The minimum Gasteiger partial charge on any atom is -0.478 e. The first-order valence-corrected chi connectivity index (χ1v) is 9.64. The number of aromatic nitrogens is 2. The van der Waals surface area contributed by atoms with Crippen molar-refractivity contribution in [2.75, 3.05) is 23.3 Å². The Bertz CT molecular complexity index is 1030. The molecule has 2 N–H and O–H groups in total. The monoisotopic (exact) mass is 376 g/mol. The summed E-state index contributed by atoms with van der Waals surface area (Å²) < 4.78 is 0. The summed E-state index contributed by atoms with van der Waals surface area (Å²) in [6, 6.07) is 11.0. The fourth-order valence-corrected chi connectivity index (χ4v) is 3.82. The van der Waals surface area contributed by atoms with Crippen molar-refractivity contribution in [2.24, 2.45) is 0 Å². The van der Waals surface area contributed by atoms with Crippen molar-refractivity contribution in [1.29, 1.82) is 0 Å². The smallest absolute Gasteiger partial charge is 0.337 e. The summed E-state index contributed by atoms with van der Waals surface area (Å²) in [5, 5.41) is 12.8. The number of hydrogen-bond donors (Lipinski definition) is 2. The minimum atomic E-state index is -0.945. The van der Waals surface area contributed by atoms with Crippen molar-refractivity contribution in [3.63, 3.8) is 0 Å². The van der Waals surface area contributed by atoms with Crippen LogP contribution in [-0.4, -0.2) is 34.1 Å². The van der Waals surface area contributed by atoms with Gasteiger partial charge in [0.15, 0.2) is 0 Å². The zero-order valence-electron chi connectivity index (χ0n) is 16.1.